The molecule has 0 saturated carbocycles. The van der Waals surface area contributed by atoms with Gasteiger partial charge in [-0.25, -0.2) is 10.3 Å². The molecule has 3 rings (SSSR count). The van der Waals surface area contributed by atoms with Crippen LogP contribution in [-0.2, 0) is 25.8 Å². The molecule has 0 spiro atoms. The van der Waals surface area contributed by atoms with E-state index in [9.17, 15) is 19.2 Å². The predicted molar refractivity (Wildman–Crippen MR) is 136 cm³/mol. The van der Waals surface area contributed by atoms with Crippen molar-refractivity contribution in [3.63, 3.8) is 0 Å². The van der Waals surface area contributed by atoms with Crippen molar-refractivity contribution in [2.24, 2.45) is 0 Å². The van der Waals surface area contributed by atoms with Gasteiger partial charge in [-0.3, -0.25) is 19.2 Å². The summed E-state index contributed by atoms with van der Waals surface area (Å²) < 4.78 is 15.9. The van der Waals surface area contributed by atoms with E-state index in [2.05, 4.69) is 16.1 Å². The molecule has 38 heavy (non-hydrogen) atoms. The largest absolute Gasteiger partial charge is 0.494 e. The van der Waals surface area contributed by atoms with Crippen LogP contribution >= 0.6 is 0 Å². The number of rotatable bonds is 13. The van der Waals surface area contributed by atoms with E-state index in [1.54, 1.807) is 24.3 Å². The number of benzene rings is 2. The molecular formula is C27H29N3O8. The number of furan rings is 1. The molecule has 0 atom stereocenters. The molecule has 2 aromatic carbocycles. The summed E-state index contributed by atoms with van der Waals surface area (Å²) in [5, 5.41) is 5.02. The third-order valence-corrected chi connectivity index (χ3v) is 5.13. The first-order chi connectivity index (χ1) is 18.4. The van der Waals surface area contributed by atoms with Gasteiger partial charge in [0.1, 0.15) is 11.5 Å². The molecule has 0 radical (unpaired) electrons. The molecule has 200 valence electrons. The molecule has 0 aliphatic rings. The average Bonchev–Trinajstić information content (AvgIpc) is 3.43. The normalized spacial score (nSPS) is 10.4. The zero-order valence-electron chi connectivity index (χ0n) is 21.1. The van der Waals surface area contributed by atoms with Crippen LogP contribution in [0.3, 0.4) is 0 Å². The van der Waals surface area contributed by atoms with Crippen LogP contribution in [0.25, 0.3) is 11.3 Å². The van der Waals surface area contributed by atoms with Crippen LogP contribution in [0.15, 0.2) is 65.1 Å². The highest BCUT2D eigenvalue weighted by Crippen LogP contribution is 2.28. The SMILES string of the molecule is CCOc1cc(C(=O)OC)cc(-c2ccc(C(=O)NCNC(=O)CCC(=O)NOCc3ccccc3)o2)c1. The molecule has 0 aliphatic carbocycles. The summed E-state index contributed by atoms with van der Waals surface area (Å²) >= 11 is 0. The molecule has 1 heterocycles. The van der Waals surface area contributed by atoms with Gasteiger partial charge in [0.2, 0.25) is 11.8 Å². The number of carbonyl (C=O) groups excluding carboxylic acids is 4. The topological polar surface area (TPSA) is 145 Å². The number of methoxy groups -OCH3 is 1. The highest BCUT2D eigenvalue weighted by atomic mass is 16.6. The minimum atomic E-state index is -0.558. The number of ether oxygens (including phenoxy) is 2. The Kier molecular flexibility index (Phi) is 10.4. The Labute approximate surface area is 219 Å². The van der Waals surface area contributed by atoms with Gasteiger partial charge in [0.15, 0.2) is 5.76 Å². The molecule has 1 aromatic heterocycles. The number of hydroxylamine groups is 1. The fraction of sp³-hybridized carbons (Fsp3) is 0.259. The Morgan fingerprint density at radius 1 is 0.895 bits per heavy atom. The Hall–Kier alpha value is -4.64. The lowest BCUT2D eigenvalue weighted by molar-refractivity contribution is -0.136. The number of amides is 3. The summed E-state index contributed by atoms with van der Waals surface area (Å²) in [6, 6.07) is 17.2. The quantitative estimate of drug-likeness (QED) is 0.176. The van der Waals surface area contributed by atoms with Crippen LogP contribution in [0.1, 0.15) is 46.2 Å². The van der Waals surface area contributed by atoms with Gasteiger partial charge in [0, 0.05) is 18.4 Å². The first kappa shape index (κ1) is 27.9. The Bertz CT molecular complexity index is 1260. The minimum absolute atomic E-state index is 0.00521. The first-order valence-corrected chi connectivity index (χ1v) is 11.9. The number of nitrogens with one attached hydrogen (secondary N) is 3. The van der Waals surface area contributed by atoms with Crippen molar-refractivity contribution in [3.05, 3.63) is 77.6 Å². The monoisotopic (exact) mass is 523 g/mol. The maximum Gasteiger partial charge on any atom is 0.338 e. The van der Waals surface area contributed by atoms with Gasteiger partial charge >= 0.3 is 5.97 Å². The average molecular weight is 524 g/mol. The van der Waals surface area contributed by atoms with Gasteiger partial charge in [-0.05, 0) is 42.8 Å². The van der Waals surface area contributed by atoms with Gasteiger partial charge in [-0.15, -0.1) is 0 Å². The predicted octanol–water partition coefficient (Wildman–Crippen LogP) is 2.96. The van der Waals surface area contributed by atoms with Crippen molar-refractivity contribution < 1.29 is 37.9 Å². The molecule has 0 unspecified atom stereocenters. The van der Waals surface area contributed by atoms with Crippen LogP contribution in [0, 0.1) is 0 Å². The van der Waals surface area contributed by atoms with Crippen molar-refractivity contribution in [2.45, 2.75) is 26.4 Å². The first-order valence-electron chi connectivity index (χ1n) is 11.9. The molecule has 0 fully saturated rings. The summed E-state index contributed by atoms with van der Waals surface area (Å²) in [7, 11) is 1.28. The smallest absolute Gasteiger partial charge is 0.338 e. The van der Waals surface area contributed by atoms with Crippen LogP contribution < -0.4 is 20.9 Å². The second-order valence-corrected chi connectivity index (χ2v) is 7.92. The van der Waals surface area contributed by atoms with Gasteiger partial charge < -0.3 is 24.5 Å². The second-order valence-electron chi connectivity index (χ2n) is 7.92. The van der Waals surface area contributed by atoms with Crippen molar-refractivity contribution in [1.82, 2.24) is 16.1 Å². The van der Waals surface area contributed by atoms with Crippen LogP contribution in [0.2, 0.25) is 0 Å². The maximum atomic E-state index is 12.4. The van der Waals surface area contributed by atoms with Crippen LogP contribution in [0.5, 0.6) is 5.75 Å². The number of hydrogen-bond acceptors (Lipinski definition) is 8. The number of hydrogen-bond donors (Lipinski definition) is 3. The molecule has 3 N–H and O–H groups in total. The molecule has 0 aliphatic heterocycles. The molecule has 3 amide bonds. The van der Waals surface area contributed by atoms with Crippen molar-refractivity contribution >= 4 is 23.7 Å². The molecule has 3 aromatic rings. The minimum Gasteiger partial charge on any atom is -0.494 e. The third kappa shape index (κ3) is 8.49. The van der Waals surface area contributed by atoms with E-state index in [-0.39, 0.29) is 37.4 Å². The van der Waals surface area contributed by atoms with Gasteiger partial charge in [-0.2, -0.15) is 0 Å². The molecule has 0 saturated heterocycles. The van der Waals surface area contributed by atoms with E-state index in [4.69, 9.17) is 18.7 Å². The maximum absolute atomic E-state index is 12.4. The Morgan fingerprint density at radius 3 is 2.39 bits per heavy atom. The van der Waals surface area contributed by atoms with Crippen LogP contribution in [0.4, 0.5) is 0 Å². The van der Waals surface area contributed by atoms with Crippen molar-refractivity contribution in [2.75, 3.05) is 20.4 Å². The van der Waals surface area contributed by atoms with Gasteiger partial charge in [0.25, 0.3) is 5.91 Å². The van der Waals surface area contributed by atoms with Gasteiger partial charge in [-0.1, -0.05) is 30.3 Å². The zero-order chi connectivity index (χ0) is 27.3. The Balaban J connectivity index is 1.43. The fourth-order valence-corrected chi connectivity index (χ4v) is 3.29. The highest BCUT2D eigenvalue weighted by molar-refractivity contribution is 5.93. The summed E-state index contributed by atoms with van der Waals surface area (Å²) in [6.45, 7) is 2.26. The summed E-state index contributed by atoms with van der Waals surface area (Å²) in [5.41, 5.74) is 3.98. The highest BCUT2D eigenvalue weighted by Gasteiger charge is 2.16. The molecule has 11 heteroatoms. The van der Waals surface area contributed by atoms with E-state index in [1.165, 1.54) is 13.2 Å². The summed E-state index contributed by atoms with van der Waals surface area (Å²) in [4.78, 5) is 53.4. The van der Waals surface area contributed by atoms with Crippen LogP contribution in [-0.4, -0.2) is 44.1 Å². The molecule has 0 bridgehead atoms. The third-order valence-electron chi connectivity index (χ3n) is 5.13. The molecular weight excluding hydrogens is 494 g/mol. The Morgan fingerprint density at radius 2 is 1.66 bits per heavy atom. The number of carbonyl (C=O) groups is 4. The standard InChI is InChI=1S/C27H29N3O8/c1-3-36-21-14-19(13-20(15-21)27(34)35-2)22-9-10-23(38-22)26(33)29-17-28-24(31)11-12-25(32)30-37-16-18-7-5-4-6-8-18/h4-10,13-15H,3,11-12,16-17H2,1-2H3,(H,28,31)(H,29,33)(H,30,32). The number of esters is 1. The van der Waals surface area contributed by atoms with E-state index in [0.717, 1.165) is 5.56 Å². The summed E-state index contributed by atoms with van der Waals surface area (Å²) in [5.74, 6) is -1.16. The fourth-order valence-electron chi connectivity index (χ4n) is 3.29. The van der Waals surface area contributed by atoms with Crippen molar-refractivity contribution in [1.29, 1.82) is 0 Å². The summed E-state index contributed by atoms with van der Waals surface area (Å²) in [6.07, 6.45) is -0.162. The lowest BCUT2D eigenvalue weighted by Crippen LogP contribution is -2.37. The van der Waals surface area contributed by atoms with E-state index >= 15 is 0 Å². The molecule has 11 nitrogen and oxygen atoms in total. The van der Waals surface area contributed by atoms with E-state index in [1.807, 2.05) is 37.3 Å². The van der Waals surface area contributed by atoms with Crippen molar-refractivity contribution in [3.8, 4) is 17.1 Å². The van der Waals surface area contributed by atoms with Gasteiger partial charge in [0.05, 0.1) is 32.6 Å². The zero-order valence-corrected chi connectivity index (χ0v) is 21.1. The lowest BCUT2D eigenvalue weighted by atomic mass is 10.1. The van der Waals surface area contributed by atoms with E-state index < -0.39 is 23.7 Å². The lowest BCUT2D eigenvalue weighted by Gasteiger charge is -2.08. The van der Waals surface area contributed by atoms with E-state index in [0.29, 0.717) is 23.7 Å². The second kappa shape index (κ2) is 14.2.